The number of nitrogens with one attached hydrogen (secondary N) is 1. The lowest BCUT2D eigenvalue weighted by molar-refractivity contribution is 0.342. The van der Waals surface area contributed by atoms with E-state index in [-0.39, 0.29) is 0 Å². The van der Waals surface area contributed by atoms with Crippen molar-refractivity contribution >= 4 is 5.69 Å². The molecule has 0 aliphatic rings. The first-order chi connectivity index (χ1) is 8.17. The van der Waals surface area contributed by atoms with Gasteiger partial charge in [0, 0.05) is 12.6 Å². The Morgan fingerprint density at radius 2 is 2.29 bits per heavy atom. The van der Waals surface area contributed by atoms with Crippen LogP contribution in [0.3, 0.4) is 0 Å². The van der Waals surface area contributed by atoms with Crippen LogP contribution in [0.5, 0.6) is 5.75 Å². The standard InChI is InChI=1S/C14H22N2O/c1-4-8-16-11(3)9-12-6-7-14(17-5-2)13(15)10-12/h4,6-7,10-11,16H,1,5,8-9,15H2,2-3H3. The summed E-state index contributed by atoms with van der Waals surface area (Å²) in [4.78, 5) is 0. The van der Waals surface area contributed by atoms with E-state index in [4.69, 9.17) is 10.5 Å². The Balaban J connectivity index is 2.60. The Morgan fingerprint density at radius 1 is 1.53 bits per heavy atom. The fraction of sp³-hybridized carbons (Fsp3) is 0.429. The monoisotopic (exact) mass is 234 g/mol. The first-order valence-corrected chi connectivity index (χ1v) is 6.02. The normalized spacial score (nSPS) is 12.1. The van der Waals surface area contributed by atoms with Crippen molar-refractivity contribution in [3.63, 3.8) is 0 Å². The topological polar surface area (TPSA) is 47.3 Å². The molecule has 3 nitrogen and oxygen atoms in total. The zero-order chi connectivity index (χ0) is 12.7. The largest absolute Gasteiger partial charge is 0.492 e. The van der Waals surface area contributed by atoms with Gasteiger partial charge in [-0.05, 0) is 38.0 Å². The summed E-state index contributed by atoms with van der Waals surface area (Å²) in [6, 6.07) is 6.39. The number of anilines is 1. The number of hydrogen-bond donors (Lipinski definition) is 2. The number of nitrogen functional groups attached to an aromatic ring is 1. The smallest absolute Gasteiger partial charge is 0.142 e. The summed E-state index contributed by atoms with van der Waals surface area (Å²) in [7, 11) is 0. The highest BCUT2D eigenvalue weighted by atomic mass is 16.5. The zero-order valence-electron chi connectivity index (χ0n) is 10.7. The third-order valence-corrected chi connectivity index (χ3v) is 2.53. The molecule has 1 atom stereocenters. The van der Waals surface area contributed by atoms with Gasteiger partial charge in [0.1, 0.15) is 5.75 Å². The summed E-state index contributed by atoms with van der Waals surface area (Å²) in [5.74, 6) is 0.767. The summed E-state index contributed by atoms with van der Waals surface area (Å²) in [5, 5.41) is 3.35. The second kappa shape index (κ2) is 6.97. The Hall–Kier alpha value is -1.48. The highest BCUT2D eigenvalue weighted by molar-refractivity contribution is 5.54. The number of rotatable bonds is 7. The molecule has 0 fully saturated rings. The highest BCUT2D eigenvalue weighted by Crippen LogP contribution is 2.23. The number of nitrogens with two attached hydrogens (primary N) is 1. The number of ether oxygens (including phenoxy) is 1. The average Bonchev–Trinajstić information content (AvgIpc) is 2.30. The van der Waals surface area contributed by atoms with Gasteiger partial charge >= 0.3 is 0 Å². The maximum atomic E-state index is 5.92. The molecule has 1 unspecified atom stereocenters. The van der Waals surface area contributed by atoms with E-state index < -0.39 is 0 Å². The third kappa shape index (κ3) is 4.49. The van der Waals surface area contributed by atoms with Gasteiger partial charge in [0.05, 0.1) is 12.3 Å². The van der Waals surface area contributed by atoms with E-state index in [1.807, 2.05) is 25.1 Å². The molecule has 1 aromatic rings. The quantitative estimate of drug-likeness (QED) is 0.562. The van der Waals surface area contributed by atoms with Gasteiger partial charge in [-0.2, -0.15) is 0 Å². The molecule has 0 amide bonds. The molecule has 1 rings (SSSR count). The SMILES string of the molecule is C=CCNC(C)Cc1ccc(OCC)c(N)c1. The predicted octanol–water partition coefficient (Wildman–Crippen LogP) is 2.37. The van der Waals surface area contributed by atoms with E-state index in [9.17, 15) is 0 Å². The van der Waals surface area contributed by atoms with Crippen LogP contribution in [0, 0.1) is 0 Å². The Morgan fingerprint density at radius 3 is 2.88 bits per heavy atom. The van der Waals surface area contributed by atoms with Gasteiger partial charge in [-0.25, -0.2) is 0 Å². The van der Waals surface area contributed by atoms with Crippen molar-refractivity contribution in [3.8, 4) is 5.75 Å². The molecular weight excluding hydrogens is 212 g/mol. The van der Waals surface area contributed by atoms with Gasteiger partial charge in [-0.15, -0.1) is 6.58 Å². The summed E-state index contributed by atoms with van der Waals surface area (Å²) < 4.78 is 5.41. The molecule has 0 saturated heterocycles. The van der Waals surface area contributed by atoms with E-state index in [2.05, 4.69) is 24.9 Å². The fourth-order valence-corrected chi connectivity index (χ4v) is 1.72. The van der Waals surface area contributed by atoms with Gasteiger partial charge < -0.3 is 15.8 Å². The van der Waals surface area contributed by atoms with Crippen LogP contribution in [-0.2, 0) is 6.42 Å². The lowest BCUT2D eigenvalue weighted by Crippen LogP contribution is -2.28. The predicted molar refractivity (Wildman–Crippen MR) is 73.4 cm³/mol. The molecule has 0 radical (unpaired) electrons. The molecule has 94 valence electrons. The third-order valence-electron chi connectivity index (χ3n) is 2.53. The molecular formula is C14H22N2O. The van der Waals surface area contributed by atoms with Crippen molar-refractivity contribution in [1.82, 2.24) is 5.32 Å². The lowest BCUT2D eigenvalue weighted by Gasteiger charge is -2.14. The molecule has 17 heavy (non-hydrogen) atoms. The second-order valence-corrected chi connectivity index (χ2v) is 4.11. The van der Waals surface area contributed by atoms with Crippen molar-refractivity contribution in [3.05, 3.63) is 36.4 Å². The molecule has 3 heteroatoms. The van der Waals surface area contributed by atoms with E-state index >= 15 is 0 Å². The van der Waals surface area contributed by atoms with Crippen LogP contribution in [0.2, 0.25) is 0 Å². The Bertz CT molecular complexity index is 363. The van der Waals surface area contributed by atoms with Crippen molar-refractivity contribution in [2.45, 2.75) is 26.3 Å². The number of hydrogen-bond acceptors (Lipinski definition) is 3. The van der Waals surface area contributed by atoms with Crippen LogP contribution in [0.1, 0.15) is 19.4 Å². The molecule has 0 bridgehead atoms. The van der Waals surface area contributed by atoms with Crippen molar-refractivity contribution < 1.29 is 4.74 Å². The molecule has 0 spiro atoms. The van der Waals surface area contributed by atoms with Crippen LogP contribution in [-0.4, -0.2) is 19.2 Å². The van der Waals surface area contributed by atoms with Gasteiger partial charge in [0.15, 0.2) is 0 Å². The summed E-state index contributed by atoms with van der Waals surface area (Å²) in [6.45, 7) is 9.26. The van der Waals surface area contributed by atoms with Crippen molar-refractivity contribution in [2.75, 3.05) is 18.9 Å². The van der Waals surface area contributed by atoms with Crippen LogP contribution in [0.15, 0.2) is 30.9 Å². The molecule has 0 aliphatic carbocycles. The molecule has 3 N–H and O–H groups in total. The van der Waals surface area contributed by atoms with Crippen molar-refractivity contribution in [2.24, 2.45) is 0 Å². The summed E-state index contributed by atoms with van der Waals surface area (Å²) >= 11 is 0. The van der Waals surface area contributed by atoms with Crippen LogP contribution in [0.25, 0.3) is 0 Å². The lowest BCUT2D eigenvalue weighted by atomic mass is 10.1. The average molecular weight is 234 g/mol. The van der Waals surface area contributed by atoms with Gasteiger partial charge in [-0.3, -0.25) is 0 Å². The number of benzene rings is 1. The van der Waals surface area contributed by atoms with E-state index in [1.165, 1.54) is 5.56 Å². The maximum absolute atomic E-state index is 5.92. The molecule has 1 aromatic carbocycles. The first kappa shape index (κ1) is 13.6. The minimum absolute atomic E-state index is 0.408. The maximum Gasteiger partial charge on any atom is 0.142 e. The van der Waals surface area contributed by atoms with Crippen molar-refractivity contribution in [1.29, 1.82) is 0 Å². The van der Waals surface area contributed by atoms with E-state index in [0.29, 0.717) is 18.3 Å². The van der Waals surface area contributed by atoms with Crippen LogP contribution in [0.4, 0.5) is 5.69 Å². The van der Waals surface area contributed by atoms with Gasteiger partial charge in [-0.1, -0.05) is 12.1 Å². The summed E-state index contributed by atoms with van der Waals surface area (Å²) in [6.07, 6.45) is 2.81. The Kier molecular flexibility index (Phi) is 5.57. The van der Waals surface area contributed by atoms with Crippen LogP contribution < -0.4 is 15.8 Å². The Labute approximate surface area is 104 Å². The minimum atomic E-state index is 0.408. The first-order valence-electron chi connectivity index (χ1n) is 6.02. The van der Waals surface area contributed by atoms with E-state index in [1.54, 1.807) is 0 Å². The van der Waals surface area contributed by atoms with Gasteiger partial charge in [0.2, 0.25) is 0 Å². The van der Waals surface area contributed by atoms with E-state index in [0.717, 1.165) is 18.7 Å². The molecule has 0 heterocycles. The van der Waals surface area contributed by atoms with Gasteiger partial charge in [0.25, 0.3) is 0 Å². The fourth-order valence-electron chi connectivity index (χ4n) is 1.72. The van der Waals surface area contributed by atoms with Crippen LogP contribution >= 0.6 is 0 Å². The summed E-state index contributed by atoms with van der Waals surface area (Å²) in [5.41, 5.74) is 7.85. The molecule has 0 saturated carbocycles. The minimum Gasteiger partial charge on any atom is -0.492 e. The zero-order valence-corrected chi connectivity index (χ0v) is 10.7. The molecule has 0 aliphatic heterocycles. The highest BCUT2D eigenvalue weighted by Gasteiger charge is 2.05. The second-order valence-electron chi connectivity index (χ2n) is 4.11. The molecule has 0 aromatic heterocycles.